The molecule has 4 aromatic rings. The SMILES string of the molecule is COc1cccc(NC(=O)c2oc3ccccc3c2NC(=O)COc2ccccc2OC)c1. The van der Waals surface area contributed by atoms with Crippen LogP contribution in [0.4, 0.5) is 11.4 Å². The topological polar surface area (TPSA) is 99.0 Å². The van der Waals surface area contributed by atoms with Crippen molar-refractivity contribution in [2.24, 2.45) is 0 Å². The van der Waals surface area contributed by atoms with Gasteiger partial charge in [-0.05, 0) is 36.4 Å². The smallest absolute Gasteiger partial charge is 0.293 e. The van der Waals surface area contributed by atoms with Crippen molar-refractivity contribution >= 4 is 34.2 Å². The molecule has 8 heteroatoms. The van der Waals surface area contributed by atoms with E-state index in [4.69, 9.17) is 18.6 Å². The van der Waals surface area contributed by atoms with Gasteiger partial charge in [0.05, 0.1) is 14.2 Å². The minimum atomic E-state index is -0.514. The van der Waals surface area contributed by atoms with Crippen molar-refractivity contribution in [3.05, 3.63) is 78.6 Å². The lowest BCUT2D eigenvalue weighted by Gasteiger charge is -2.11. The van der Waals surface area contributed by atoms with Crippen molar-refractivity contribution in [2.75, 3.05) is 31.5 Å². The van der Waals surface area contributed by atoms with Crippen LogP contribution in [0, 0.1) is 0 Å². The highest BCUT2D eigenvalue weighted by atomic mass is 16.5. The van der Waals surface area contributed by atoms with E-state index in [0.29, 0.717) is 33.9 Å². The standard InChI is InChI=1S/C25H22N2O6/c1-30-17-9-7-8-16(14-17)26-25(29)24-23(18-10-3-4-11-19(18)33-24)27-22(28)15-32-21-13-6-5-12-20(21)31-2/h3-14H,15H2,1-2H3,(H,26,29)(H,27,28). The van der Waals surface area contributed by atoms with Gasteiger partial charge in [0.2, 0.25) is 5.76 Å². The summed E-state index contributed by atoms with van der Waals surface area (Å²) in [6.45, 7) is -0.281. The lowest BCUT2D eigenvalue weighted by molar-refractivity contribution is -0.118. The Morgan fingerprint density at radius 1 is 0.848 bits per heavy atom. The summed E-state index contributed by atoms with van der Waals surface area (Å²) in [6, 6.07) is 21.0. The summed E-state index contributed by atoms with van der Waals surface area (Å²) in [5, 5.41) is 6.11. The van der Waals surface area contributed by atoms with Gasteiger partial charge in [0, 0.05) is 17.1 Å². The Hall–Kier alpha value is -4.46. The Bertz CT molecular complexity index is 1300. The van der Waals surface area contributed by atoms with Crippen LogP contribution in [0.2, 0.25) is 0 Å². The molecule has 2 N–H and O–H groups in total. The number of methoxy groups -OCH3 is 2. The Morgan fingerprint density at radius 2 is 1.61 bits per heavy atom. The third-order valence-electron chi connectivity index (χ3n) is 4.82. The number of rotatable bonds is 8. The number of hydrogen-bond donors (Lipinski definition) is 2. The molecule has 0 saturated carbocycles. The minimum absolute atomic E-state index is 0.0235. The van der Waals surface area contributed by atoms with Crippen molar-refractivity contribution in [3.63, 3.8) is 0 Å². The van der Waals surface area contributed by atoms with Crippen molar-refractivity contribution in [2.45, 2.75) is 0 Å². The van der Waals surface area contributed by atoms with E-state index in [1.165, 1.54) is 7.11 Å². The number of para-hydroxylation sites is 3. The number of benzene rings is 3. The highest BCUT2D eigenvalue weighted by Gasteiger charge is 2.23. The van der Waals surface area contributed by atoms with E-state index in [9.17, 15) is 9.59 Å². The molecule has 4 rings (SSSR count). The van der Waals surface area contributed by atoms with Gasteiger partial charge in [0.1, 0.15) is 17.0 Å². The molecule has 0 aliphatic carbocycles. The number of fused-ring (bicyclic) bond motifs is 1. The number of anilines is 2. The summed E-state index contributed by atoms with van der Waals surface area (Å²) in [5.74, 6) is 0.549. The lowest BCUT2D eigenvalue weighted by atomic mass is 10.2. The van der Waals surface area contributed by atoms with Crippen LogP contribution in [0.25, 0.3) is 11.0 Å². The maximum absolute atomic E-state index is 13.0. The monoisotopic (exact) mass is 446 g/mol. The summed E-state index contributed by atoms with van der Waals surface area (Å²) < 4.78 is 21.8. The van der Waals surface area contributed by atoms with E-state index in [0.717, 1.165) is 0 Å². The molecule has 0 atom stereocenters. The van der Waals surface area contributed by atoms with Crippen LogP contribution in [0.3, 0.4) is 0 Å². The van der Waals surface area contributed by atoms with Gasteiger partial charge in [0.25, 0.3) is 11.8 Å². The third kappa shape index (κ3) is 4.90. The van der Waals surface area contributed by atoms with Crippen LogP contribution in [0.1, 0.15) is 10.6 Å². The quantitative estimate of drug-likeness (QED) is 0.406. The molecule has 1 aromatic heterocycles. The average molecular weight is 446 g/mol. The highest BCUT2D eigenvalue weighted by Crippen LogP contribution is 2.32. The highest BCUT2D eigenvalue weighted by molar-refractivity contribution is 6.14. The molecule has 8 nitrogen and oxygen atoms in total. The fourth-order valence-electron chi connectivity index (χ4n) is 3.27. The van der Waals surface area contributed by atoms with Crippen molar-refractivity contribution in [3.8, 4) is 17.2 Å². The van der Waals surface area contributed by atoms with E-state index >= 15 is 0 Å². The number of carbonyl (C=O) groups is 2. The van der Waals surface area contributed by atoms with Gasteiger partial charge in [-0.25, -0.2) is 0 Å². The van der Waals surface area contributed by atoms with Crippen LogP contribution in [0.15, 0.2) is 77.2 Å². The molecular weight excluding hydrogens is 424 g/mol. The normalized spacial score (nSPS) is 10.5. The third-order valence-corrected chi connectivity index (χ3v) is 4.82. The first-order chi connectivity index (χ1) is 16.1. The summed E-state index contributed by atoms with van der Waals surface area (Å²) in [4.78, 5) is 25.7. The maximum Gasteiger partial charge on any atom is 0.293 e. The summed E-state index contributed by atoms with van der Waals surface area (Å²) >= 11 is 0. The van der Waals surface area contributed by atoms with E-state index in [2.05, 4.69) is 10.6 Å². The maximum atomic E-state index is 13.0. The summed E-state index contributed by atoms with van der Waals surface area (Å²) in [5.41, 5.74) is 1.26. The molecular formula is C25H22N2O6. The van der Waals surface area contributed by atoms with Gasteiger partial charge >= 0.3 is 0 Å². The second-order valence-corrected chi connectivity index (χ2v) is 6.98. The van der Waals surface area contributed by atoms with Gasteiger partial charge in [-0.3, -0.25) is 9.59 Å². The van der Waals surface area contributed by atoms with Crippen LogP contribution < -0.4 is 24.8 Å². The van der Waals surface area contributed by atoms with Crippen LogP contribution >= 0.6 is 0 Å². The number of furan rings is 1. The number of hydrogen-bond acceptors (Lipinski definition) is 6. The first-order valence-electron chi connectivity index (χ1n) is 10.1. The predicted octanol–water partition coefficient (Wildman–Crippen LogP) is 4.72. The van der Waals surface area contributed by atoms with Crippen LogP contribution in [0.5, 0.6) is 17.2 Å². The fraction of sp³-hybridized carbons (Fsp3) is 0.120. The second-order valence-electron chi connectivity index (χ2n) is 6.98. The van der Waals surface area contributed by atoms with Gasteiger partial charge in [-0.2, -0.15) is 0 Å². The van der Waals surface area contributed by atoms with Crippen LogP contribution in [-0.4, -0.2) is 32.6 Å². The fourth-order valence-corrected chi connectivity index (χ4v) is 3.27. The van der Waals surface area contributed by atoms with E-state index < -0.39 is 11.8 Å². The first kappa shape index (κ1) is 21.8. The zero-order valence-corrected chi connectivity index (χ0v) is 18.1. The first-order valence-corrected chi connectivity index (χ1v) is 10.1. The molecule has 33 heavy (non-hydrogen) atoms. The molecule has 0 aliphatic heterocycles. The number of ether oxygens (including phenoxy) is 3. The molecule has 3 aromatic carbocycles. The number of nitrogens with one attached hydrogen (secondary N) is 2. The molecule has 0 saturated heterocycles. The van der Waals surface area contributed by atoms with Crippen LogP contribution in [-0.2, 0) is 4.79 Å². The van der Waals surface area contributed by atoms with E-state index in [-0.39, 0.29) is 18.1 Å². The predicted molar refractivity (Wildman–Crippen MR) is 124 cm³/mol. The van der Waals surface area contributed by atoms with Crippen molar-refractivity contribution in [1.29, 1.82) is 0 Å². The molecule has 1 heterocycles. The molecule has 0 radical (unpaired) electrons. The largest absolute Gasteiger partial charge is 0.497 e. The molecule has 2 amide bonds. The Morgan fingerprint density at radius 3 is 2.39 bits per heavy atom. The van der Waals surface area contributed by atoms with Crippen molar-refractivity contribution in [1.82, 2.24) is 0 Å². The molecule has 0 fully saturated rings. The Kier molecular flexibility index (Phi) is 6.45. The molecule has 0 bridgehead atoms. The lowest BCUT2D eigenvalue weighted by Crippen LogP contribution is -2.22. The summed E-state index contributed by atoms with van der Waals surface area (Å²) in [7, 11) is 3.06. The number of amides is 2. The molecule has 0 aliphatic rings. The van der Waals surface area contributed by atoms with Gasteiger partial charge in [0.15, 0.2) is 18.1 Å². The van der Waals surface area contributed by atoms with Gasteiger partial charge in [-0.15, -0.1) is 0 Å². The second kappa shape index (κ2) is 9.78. The Balaban J connectivity index is 1.55. The van der Waals surface area contributed by atoms with E-state index in [1.807, 2.05) is 0 Å². The van der Waals surface area contributed by atoms with Crippen molar-refractivity contribution < 1.29 is 28.2 Å². The molecule has 168 valence electrons. The minimum Gasteiger partial charge on any atom is -0.497 e. The van der Waals surface area contributed by atoms with Gasteiger partial charge in [-0.1, -0.05) is 30.3 Å². The average Bonchev–Trinajstić information content (AvgIpc) is 3.21. The zero-order valence-electron chi connectivity index (χ0n) is 18.1. The molecule has 0 spiro atoms. The number of carbonyl (C=O) groups excluding carboxylic acids is 2. The molecule has 0 unspecified atom stereocenters. The zero-order chi connectivity index (χ0) is 23.2. The van der Waals surface area contributed by atoms with Gasteiger partial charge < -0.3 is 29.3 Å². The summed E-state index contributed by atoms with van der Waals surface area (Å²) in [6.07, 6.45) is 0. The Labute approximate surface area is 190 Å². The van der Waals surface area contributed by atoms with E-state index in [1.54, 1.807) is 79.9 Å².